The molecule has 0 radical (unpaired) electrons. The number of ether oxygens (including phenoxy) is 1. The minimum Gasteiger partial charge on any atom is -0.361 e. The van der Waals surface area contributed by atoms with E-state index in [1.807, 2.05) is 35.0 Å². The molecule has 5 rings (SSSR count). The molecule has 6 heteroatoms. The van der Waals surface area contributed by atoms with Gasteiger partial charge in [0.25, 0.3) is 5.91 Å². The lowest BCUT2D eigenvalue weighted by Crippen LogP contribution is -2.59. The molecule has 0 unspecified atom stereocenters. The zero-order valence-electron chi connectivity index (χ0n) is 19.6. The van der Waals surface area contributed by atoms with Crippen molar-refractivity contribution in [1.82, 2.24) is 19.6 Å². The van der Waals surface area contributed by atoms with Crippen LogP contribution in [0, 0.1) is 0 Å². The van der Waals surface area contributed by atoms with Crippen LogP contribution < -0.4 is 0 Å². The summed E-state index contributed by atoms with van der Waals surface area (Å²) in [7, 11) is 1.89. The number of hydrogen-bond acceptors (Lipinski definition) is 4. The van der Waals surface area contributed by atoms with Gasteiger partial charge in [0.15, 0.2) is 5.60 Å². The molecule has 0 N–H and O–H groups in total. The van der Waals surface area contributed by atoms with Crippen LogP contribution in [0.5, 0.6) is 0 Å². The fourth-order valence-corrected chi connectivity index (χ4v) is 5.52. The van der Waals surface area contributed by atoms with E-state index in [0.29, 0.717) is 26.2 Å². The lowest BCUT2D eigenvalue weighted by Gasteiger charge is -2.41. The molecular weight excluding hydrogens is 412 g/mol. The molecule has 2 fully saturated rings. The second kappa shape index (κ2) is 8.76. The lowest BCUT2D eigenvalue weighted by molar-refractivity contribution is -0.170. The third-order valence-corrected chi connectivity index (χ3v) is 7.06. The molecule has 2 aliphatic rings. The monoisotopic (exact) mass is 444 g/mol. The van der Waals surface area contributed by atoms with Gasteiger partial charge in [-0.15, -0.1) is 0 Å². The van der Waals surface area contributed by atoms with Crippen LogP contribution in [0.1, 0.15) is 48.7 Å². The van der Waals surface area contributed by atoms with Crippen LogP contribution in [0.3, 0.4) is 0 Å². The number of likely N-dealkylation sites (N-methyl/N-ethyl adjacent to an activating group) is 1. The number of carbonyl (C=O) groups is 1. The SMILES string of the molecule is CC(C)n1nccc1[C@@H]1CN(C(c2ccccc2)c2ccccc2)C[C@]12OCCN(C)C2=O. The van der Waals surface area contributed by atoms with Crippen molar-refractivity contribution in [2.24, 2.45) is 0 Å². The molecule has 2 aromatic carbocycles. The number of benzene rings is 2. The van der Waals surface area contributed by atoms with E-state index < -0.39 is 5.60 Å². The normalized spacial score (nSPS) is 23.8. The van der Waals surface area contributed by atoms with Crippen molar-refractivity contribution in [3.63, 3.8) is 0 Å². The summed E-state index contributed by atoms with van der Waals surface area (Å²) in [5.74, 6) is -0.0368. The number of amides is 1. The Kier molecular flexibility index (Phi) is 5.81. The summed E-state index contributed by atoms with van der Waals surface area (Å²) in [4.78, 5) is 18.0. The average Bonchev–Trinajstić information content (AvgIpc) is 3.45. The molecule has 3 heterocycles. The van der Waals surface area contributed by atoms with Crippen LogP contribution >= 0.6 is 0 Å². The number of aromatic nitrogens is 2. The molecule has 0 bridgehead atoms. The summed E-state index contributed by atoms with van der Waals surface area (Å²) in [6.07, 6.45) is 1.84. The summed E-state index contributed by atoms with van der Waals surface area (Å²) >= 11 is 0. The van der Waals surface area contributed by atoms with E-state index in [2.05, 4.69) is 78.4 Å². The minimum absolute atomic E-state index is 0.0355. The van der Waals surface area contributed by atoms with Gasteiger partial charge in [-0.2, -0.15) is 5.10 Å². The predicted octanol–water partition coefficient (Wildman–Crippen LogP) is 3.88. The molecule has 172 valence electrons. The van der Waals surface area contributed by atoms with Gasteiger partial charge < -0.3 is 9.64 Å². The summed E-state index contributed by atoms with van der Waals surface area (Å²) in [6, 6.07) is 23.4. The van der Waals surface area contributed by atoms with Gasteiger partial charge >= 0.3 is 0 Å². The van der Waals surface area contributed by atoms with Crippen LogP contribution in [0.2, 0.25) is 0 Å². The molecule has 2 saturated heterocycles. The molecule has 1 spiro atoms. The third kappa shape index (κ3) is 3.77. The van der Waals surface area contributed by atoms with Crippen LogP contribution in [0.15, 0.2) is 72.9 Å². The van der Waals surface area contributed by atoms with Gasteiger partial charge in [0.05, 0.1) is 18.6 Å². The lowest BCUT2D eigenvalue weighted by atomic mass is 9.85. The van der Waals surface area contributed by atoms with E-state index >= 15 is 0 Å². The molecule has 1 aromatic heterocycles. The first-order valence-corrected chi connectivity index (χ1v) is 11.8. The molecule has 1 amide bonds. The van der Waals surface area contributed by atoms with Crippen molar-refractivity contribution in [2.45, 2.75) is 37.5 Å². The van der Waals surface area contributed by atoms with Gasteiger partial charge in [-0.25, -0.2) is 0 Å². The Bertz CT molecular complexity index is 1060. The molecule has 6 nitrogen and oxygen atoms in total. The molecule has 2 atom stereocenters. The third-order valence-electron chi connectivity index (χ3n) is 7.06. The molecule has 0 aliphatic carbocycles. The first-order valence-electron chi connectivity index (χ1n) is 11.8. The second-order valence-electron chi connectivity index (χ2n) is 9.46. The van der Waals surface area contributed by atoms with Gasteiger partial charge in [-0.05, 0) is 31.0 Å². The topological polar surface area (TPSA) is 50.6 Å². The van der Waals surface area contributed by atoms with Gasteiger partial charge in [-0.1, -0.05) is 60.7 Å². The summed E-state index contributed by atoms with van der Waals surface area (Å²) in [5, 5.41) is 4.59. The number of hydrogen-bond donors (Lipinski definition) is 0. The number of rotatable bonds is 5. The van der Waals surface area contributed by atoms with Crippen molar-refractivity contribution in [2.75, 3.05) is 33.3 Å². The Morgan fingerprint density at radius 2 is 1.64 bits per heavy atom. The van der Waals surface area contributed by atoms with Gasteiger partial charge in [0.2, 0.25) is 0 Å². The highest BCUT2D eigenvalue weighted by atomic mass is 16.5. The van der Waals surface area contributed by atoms with Gasteiger partial charge in [-0.3, -0.25) is 14.4 Å². The van der Waals surface area contributed by atoms with Crippen molar-refractivity contribution >= 4 is 5.91 Å². The minimum atomic E-state index is -0.915. The molecular formula is C27H32N4O2. The van der Waals surface area contributed by atoms with E-state index in [1.54, 1.807) is 0 Å². The summed E-state index contributed by atoms with van der Waals surface area (Å²) in [5.41, 5.74) is 2.58. The quantitative estimate of drug-likeness (QED) is 0.599. The zero-order valence-corrected chi connectivity index (χ0v) is 19.6. The van der Waals surface area contributed by atoms with E-state index in [-0.39, 0.29) is 23.9 Å². The second-order valence-corrected chi connectivity index (χ2v) is 9.46. The molecule has 3 aromatic rings. The van der Waals surface area contributed by atoms with Gasteiger partial charge in [0.1, 0.15) is 0 Å². The average molecular weight is 445 g/mol. The number of nitrogens with zero attached hydrogens (tertiary/aromatic N) is 4. The Morgan fingerprint density at radius 1 is 1.00 bits per heavy atom. The zero-order chi connectivity index (χ0) is 23.0. The first kappa shape index (κ1) is 21.9. The number of likely N-dealkylation sites (tertiary alicyclic amines) is 1. The first-order chi connectivity index (χ1) is 16.0. The Labute approximate surface area is 195 Å². The summed E-state index contributed by atoms with van der Waals surface area (Å²) in [6.45, 7) is 6.68. The maximum absolute atomic E-state index is 13.7. The molecule has 0 saturated carbocycles. The van der Waals surface area contributed by atoms with Crippen molar-refractivity contribution in [3.8, 4) is 0 Å². The molecule has 2 aliphatic heterocycles. The predicted molar refractivity (Wildman–Crippen MR) is 128 cm³/mol. The number of carbonyl (C=O) groups excluding carboxylic acids is 1. The van der Waals surface area contributed by atoms with E-state index in [1.165, 1.54) is 11.1 Å². The fourth-order valence-electron chi connectivity index (χ4n) is 5.52. The maximum atomic E-state index is 13.7. The largest absolute Gasteiger partial charge is 0.361 e. The Hall–Kier alpha value is -2.96. The van der Waals surface area contributed by atoms with E-state index in [4.69, 9.17) is 4.74 Å². The highest BCUT2D eigenvalue weighted by molar-refractivity contribution is 5.88. The molecule has 33 heavy (non-hydrogen) atoms. The standard InChI is InChI=1S/C27H32N4O2/c1-20(2)31-24(14-15-28-31)23-18-30(19-27(23)26(32)29(3)16-17-33-27)25(21-10-6-4-7-11-21)22-12-8-5-9-13-22/h4-15,20,23,25H,16-19H2,1-3H3/t23-,27-/m0/s1. The highest BCUT2D eigenvalue weighted by Crippen LogP contribution is 2.46. The Morgan fingerprint density at radius 3 is 2.24 bits per heavy atom. The van der Waals surface area contributed by atoms with Crippen molar-refractivity contribution in [3.05, 3.63) is 89.7 Å². The van der Waals surface area contributed by atoms with Crippen molar-refractivity contribution < 1.29 is 9.53 Å². The van der Waals surface area contributed by atoms with Crippen LogP contribution in [-0.2, 0) is 9.53 Å². The smallest absolute Gasteiger partial charge is 0.256 e. The van der Waals surface area contributed by atoms with E-state index in [0.717, 1.165) is 5.69 Å². The number of morpholine rings is 1. The highest BCUT2D eigenvalue weighted by Gasteiger charge is 2.58. The summed E-state index contributed by atoms with van der Waals surface area (Å²) < 4.78 is 8.50. The van der Waals surface area contributed by atoms with Crippen molar-refractivity contribution in [1.29, 1.82) is 0 Å². The van der Waals surface area contributed by atoms with Crippen LogP contribution in [-0.4, -0.2) is 64.4 Å². The van der Waals surface area contributed by atoms with Crippen LogP contribution in [0.25, 0.3) is 0 Å². The Balaban J connectivity index is 1.62. The van der Waals surface area contributed by atoms with E-state index in [9.17, 15) is 4.79 Å². The van der Waals surface area contributed by atoms with Gasteiger partial charge in [0, 0.05) is 44.6 Å². The van der Waals surface area contributed by atoms with Crippen LogP contribution in [0.4, 0.5) is 0 Å². The fraction of sp³-hybridized carbons (Fsp3) is 0.407. The maximum Gasteiger partial charge on any atom is 0.256 e.